The van der Waals surface area contributed by atoms with Crippen LogP contribution >= 0.6 is 15.6 Å². The second-order valence-electron chi connectivity index (χ2n) is 18.5. The third kappa shape index (κ3) is 27.6. The number of unbranched alkanes of at least 4 members (excludes halogenated alkanes) is 6. The van der Waals surface area contributed by atoms with Gasteiger partial charge in [-0.2, -0.15) is 9.29 Å². The number of allylic oxidation sites excluding steroid dienone is 10. The number of cyclic esters (lactones) is 1. The van der Waals surface area contributed by atoms with Crippen molar-refractivity contribution in [3.05, 3.63) is 95.7 Å². The van der Waals surface area contributed by atoms with Gasteiger partial charge in [-0.1, -0.05) is 119 Å². The van der Waals surface area contributed by atoms with Crippen LogP contribution in [-0.4, -0.2) is 126 Å². The Balaban J connectivity index is 1.82. The number of carbonyl (C=O) groups is 2. The molecule has 22 nitrogen and oxygen atoms in total. The van der Waals surface area contributed by atoms with Crippen molar-refractivity contribution in [1.29, 1.82) is 0 Å². The summed E-state index contributed by atoms with van der Waals surface area (Å²) < 4.78 is 64.7. The standard InChI is InChI=1S/C52H83N3O19P2/c1-3-5-7-8-9-10-11-12-13-14-15-16-17-18-19-20-26-30-47(59)71-40-36-68-46(58)29-25-22-21-24-28-41-42(57)35-48(60)72-43(32-31-39(56)27-23-6-4-2)49(61)50(62)44(38-70-76(66,67)74-75(64,65)69-37-40)73-51(41)55-34-33-45(53)54-52(55)63/h9-10,12-13,15-16,18-19,21,24,31-34,39-44,48-51,56-57,60-62H,3-8,11,14,17,20,22-23,25-30,35-38H2,1-2H3,(H,64,65)(H,66,67)(H2,53,54,63)/b10-9-,13-12-,16-15-,19-18-,24-21?,32-31+/t39-,40+,41-,42-,43+,44+,48?,49-,50+,51+/m0/s1. The van der Waals surface area contributed by atoms with E-state index in [2.05, 4.69) is 46.6 Å². The Labute approximate surface area is 446 Å². The minimum Gasteiger partial charge on any atom is -0.462 e. The number of hydrogen-bond acceptors (Lipinski definition) is 19. The number of aliphatic hydroxyl groups is 5. The van der Waals surface area contributed by atoms with E-state index >= 15 is 0 Å². The minimum atomic E-state index is -5.75. The summed E-state index contributed by atoms with van der Waals surface area (Å²) in [6, 6.07) is 1.22. The van der Waals surface area contributed by atoms with Crippen LogP contribution in [0.1, 0.15) is 142 Å². The van der Waals surface area contributed by atoms with Gasteiger partial charge in [0.05, 0.1) is 25.4 Å². The average Bonchev–Trinajstić information content (AvgIpc) is 3.37. The predicted octanol–water partition coefficient (Wildman–Crippen LogP) is 6.99. The van der Waals surface area contributed by atoms with Gasteiger partial charge in [0.15, 0.2) is 12.4 Å². The summed E-state index contributed by atoms with van der Waals surface area (Å²) in [6.45, 7) is 1.33. The van der Waals surface area contributed by atoms with E-state index in [1.165, 1.54) is 37.5 Å². The zero-order valence-electron chi connectivity index (χ0n) is 43.8. The number of esters is 2. The summed E-state index contributed by atoms with van der Waals surface area (Å²) in [6.07, 6.45) is 18.2. The fourth-order valence-electron chi connectivity index (χ4n) is 7.87. The van der Waals surface area contributed by atoms with Crippen LogP contribution in [-0.2, 0) is 51.0 Å². The van der Waals surface area contributed by atoms with Gasteiger partial charge < -0.3 is 60.0 Å². The van der Waals surface area contributed by atoms with E-state index in [1.54, 1.807) is 12.2 Å². The number of aromatic nitrogens is 2. The molecule has 0 radical (unpaired) electrons. The van der Waals surface area contributed by atoms with Crippen molar-refractivity contribution in [3.63, 3.8) is 0 Å². The first kappa shape index (κ1) is 66.3. The first-order valence-electron chi connectivity index (χ1n) is 26.3. The largest absolute Gasteiger partial charge is 0.481 e. The molecule has 2 aliphatic heterocycles. The number of nitrogen functional groups attached to an aromatic ring is 1. The van der Waals surface area contributed by atoms with E-state index < -0.39 is 121 Å². The number of fused-ring (bicyclic) bond motifs is 3. The van der Waals surface area contributed by atoms with Crippen LogP contribution in [0.15, 0.2) is 90.0 Å². The molecule has 0 spiro atoms. The fourth-order valence-corrected chi connectivity index (χ4v) is 9.98. The molecule has 0 aliphatic carbocycles. The van der Waals surface area contributed by atoms with Gasteiger partial charge in [-0.3, -0.25) is 23.2 Å². The third-order valence-electron chi connectivity index (χ3n) is 12.0. The van der Waals surface area contributed by atoms with Crippen molar-refractivity contribution < 1.29 is 86.3 Å². The SMILES string of the molecule is CCCCC/C=C\C/C=C\C/C=C\C/C=C\CCCC(=O)O[C@@H]1COC(=O)CCCC=CC[C@@H]2[C@H](n3ccc(N)nc3=O)O[C@H](COP(=O)(O)OP(=O)(O)OC1)[C@@H](O)[C@@H](O)[C@@H](/C=C/[C@@H](O)CCCCC)OC(O)C[C@@H]2O. The van der Waals surface area contributed by atoms with Crippen LogP contribution in [0.25, 0.3) is 0 Å². The lowest BCUT2D eigenvalue weighted by Crippen LogP contribution is -2.49. The maximum atomic E-state index is 13.4. The summed E-state index contributed by atoms with van der Waals surface area (Å²) in [7, 11) is -11.4. The van der Waals surface area contributed by atoms with Crippen molar-refractivity contribution in [3.8, 4) is 0 Å². The number of phosphoric ester groups is 2. The highest BCUT2D eigenvalue weighted by Gasteiger charge is 2.44. The normalized spacial score (nSPS) is 30.0. The van der Waals surface area contributed by atoms with Crippen molar-refractivity contribution in [2.45, 2.75) is 191 Å². The zero-order chi connectivity index (χ0) is 55.8. The molecular weight excluding hydrogens is 1030 g/mol. The molecule has 24 heteroatoms. The molecule has 3 rings (SSSR count). The van der Waals surface area contributed by atoms with Crippen LogP contribution in [0.2, 0.25) is 0 Å². The van der Waals surface area contributed by atoms with Gasteiger partial charge in [0.2, 0.25) is 0 Å². The summed E-state index contributed by atoms with van der Waals surface area (Å²) in [5.74, 6) is -2.94. The molecule has 2 bridgehead atoms. The molecule has 3 heterocycles. The number of phosphoric acid groups is 2. The van der Waals surface area contributed by atoms with E-state index in [-0.39, 0.29) is 37.9 Å². The van der Waals surface area contributed by atoms with E-state index in [0.29, 0.717) is 32.1 Å². The molecule has 3 unspecified atom stereocenters. The Morgan fingerprint density at radius 3 is 2.13 bits per heavy atom. The van der Waals surface area contributed by atoms with Gasteiger partial charge in [0, 0.05) is 31.4 Å². The molecule has 12 atom stereocenters. The van der Waals surface area contributed by atoms with Crippen LogP contribution in [0.5, 0.6) is 0 Å². The van der Waals surface area contributed by atoms with Crippen molar-refractivity contribution in [1.82, 2.24) is 9.55 Å². The van der Waals surface area contributed by atoms with Gasteiger partial charge in [-0.05, 0) is 76.7 Å². The minimum absolute atomic E-state index is 0.0848. The van der Waals surface area contributed by atoms with Crippen molar-refractivity contribution in [2.24, 2.45) is 5.92 Å². The smallest absolute Gasteiger partial charge is 0.462 e. The molecule has 2 aliphatic rings. The molecule has 1 aromatic rings. The van der Waals surface area contributed by atoms with Crippen LogP contribution in [0.3, 0.4) is 0 Å². The van der Waals surface area contributed by atoms with Crippen LogP contribution < -0.4 is 11.4 Å². The summed E-state index contributed by atoms with van der Waals surface area (Å²) >= 11 is 0. The Kier molecular flexibility index (Phi) is 32.3. The first-order valence-corrected chi connectivity index (χ1v) is 29.3. The number of anilines is 1. The quantitative estimate of drug-likeness (QED) is 0.0251. The summed E-state index contributed by atoms with van der Waals surface area (Å²) in [4.78, 5) is 64.3. The number of rotatable bonds is 22. The van der Waals surface area contributed by atoms with Gasteiger partial charge in [0.25, 0.3) is 0 Å². The van der Waals surface area contributed by atoms with Crippen molar-refractivity contribution >= 4 is 33.4 Å². The maximum absolute atomic E-state index is 13.4. The molecular formula is C52H83N3O19P2. The van der Waals surface area contributed by atoms with Gasteiger partial charge in [-0.15, -0.1) is 0 Å². The van der Waals surface area contributed by atoms with Crippen LogP contribution in [0.4, 0.5) is 5.82 Å². The topological polar surface area (TPSA) is 335 Å². The fraction of sp³-hybridized carbons (Fsp3) is 0.654. The lowest BCUT2D eigenvalue weighted by molar-refractivity contribution is -0.192. The number of nitrogens with zero attached hydrogens (tertiary/aromatic N) is 2. The number of aliphatic hydroxyl groups excluding tert-OH is 5. The van der Waals surface area contributed by atoms with E-state index in [0.717, 1.165) is 42.9 Å². The van der Waals surface area contributed by atoms with Crippen molar-refractivity contribution in [2.75, 3.05) is 25.6 Å². The predicted molar refractivity (Wildman–Crippen MR) is 283 cm³/mol. The number of nitrogens with two attached hydrogens (primary N) is 1. The average molecular weight is 1120 g/mol. The van der Waals surface area contributed by atoms with E-state index in [9.17, 15) is 58.8 Å². The summed E-state index contributed by atoms with van der Waals surface area (Å²) in [5.41, 5.74) is 4.75. The highest BCUT2D eigenvalue weighted by molar-refractivity contribution is 7.61. The summed E-state index contributed by atoms with van der Waals surface area (Å²) in [5, 5.41) is 56.9. The molecule has 0 saturated carbocycles. The lowest BCUT2D eigenvalue weighted by Gasteiger charge is -2.36. The maximum Gasteiger partial charge on any atom is 0.481 e. The molecule has 0 amide bonds. The monoisotopic (exact) mass is 1120 g/mol. The van der Waals surface area contributed by atoms with Gasteiger partial charge in [-0.25, -0.2) is 13.9 Å². The highest BCUT2D eigenvalue weighted by atomic mass is 31.3. The molecule has 9 N–H and O–H groups in total. The second-order valence-corrected chi connectivity index (χ2v) is 21.6. The Bertz CT molecular complexity index is 2190. The van der Waals surface area contributed by atoms with E-state index in [1.807, 2.05) is 25.2 Å². The molecule has 1 saturated heterocycles. The Hall–Kier alpha value is -3.96. The second kappa shape index (κ2) is 37.0. The Morgan fingerprint density at radius 2 is 1.47 bits per heavy atom. The molecule has 76 heavy (non-hydrogen) atoms. The molecule has 1 fully saturated rings. The van der Waals surface area contributed by atoms with E-state index in [4.69, 9.17) is 33.7 Å². The zero-order valence-corrected chi connectivity index (χ0v) is 45.6. The van der Waals surface area contributed by atoms with Gasteiger partial charge >= 0.3 is 33.3 Å². The molecule has 430 valence electrons. The highest BCUT2D eigenvalue weighted by Crippen LogP contribution is 2.60. The first-order chi connectivity index (χ1) is 36.3. The number of ether oxygens (including phenoxy) is 4. The molecule has 1 aromatic heterocycles. The lowest BCUT2D eigenvalue weighted by atomic mass is 9.92. The number of hydrogen-bond donors (Lipinski definition) is 8. The number of carbonyl (C=O) groups excluding carboxylic acids is 2. The third-order valence-corrected chi connectivity index (χ3v) is 14.6. The Morgan fingerprint density at radius 1 is 0.842 bits per heavy atom. The van der Waals surface area contributed by atoms with Crippen LogP contribution in [0, 0.1) is 5.92 Å². The molecule has 0 aromatic carbocycles. The van der Waals surface area contributed by atoms with Gasteiger partial charge in [0.1, 0.15) is 43.1 Å².